The van der Waals surface area contributed by atoms with Crippen molar-refractivity contribution in [2.75, 3.05) is 25.1 Å². The Morgan fingerprint density at radius 1 is 1.14 bits per heavy atom. The van der Waals surface area contributed by atoms with E-state index >= 15 is 0 Å². The second-order valence-electron chi connectivity index (χ2n) is 6.04. The minimum atomic E-state index is -0.708. The molecule has 0 aliphatic carbocycles. The van der Waals surface area contributed by atoms with Crippen molar-refractivity contribution in [3.05, 3.63) is 46.2 Å². The normalized spacial score (nSPS) is 10.3. The lowest BCUT2D eigenvalue weighted by molar-refractivity contribution is 0.0600. The Balaban J connectivity index is 1.71. The molecular formula is C18H22ClN7O3. The van der Waals surface area contributed by atoms with Gasteiger partial charge in [0.15, 0.2) is 28.4 Å². The van der Waals surface area contributed by atoms with Crippen LogP contribution < -0.4 is 22.1 Å². The first kappa shape index (κ1) is 21.9. The number of halogens is 1. The van der Waals surface area contributed by atoms with Crippen LogP contribution in [0.2, 0.25) is 5.15 Å². The summed E-state index contributed by atoms with van der Waals surface area (Å²) in [7, 11) is 1.34. The van der Waals surface area contributed by atoms with E-state index in [9.17, 15) is 9.59 Å². The van der Waals surface area contributed by atoms with Gasteiger partial charge < -0.3 is 21.5 Å². The van der Waals surface area contributed by atoms with E-state index in [0.29, 0.717) is 12.1 Å². The van der Waals surface area contributed by atoms with Crippen molar-refractivity contribution in [2.45, 2.75) is 19.3 Å². The lowest BCUT2D eigenvalue weighted by Crippen LogP contribution is -2.41. The van der Waals surface area contributed by atoms with E-state index in [4.69, 9.17) is 28.5 Å². The van der Waals surface area contributed by atoms with Gasteiger partial charge in [-0.15, -0.1) is 0 Å². The summed E-state index contributed by atoms with van der Waals surface area (Å²) in [4.78, 5) is 31.0. The molecule has 1 amide bonds. The largest absolute Gasteiger partial charge is 0.465 e. The third kappa shape index (κ3) is 6.32. The maximum absolute atomic E-state index is 12.1. The van der Waals surface area contributed by atoms with Crippen molar-refractivity contribution in [3.8, 4) is 0 Å². The van der Waals surface area contributed by atoms with E-state index in [1.165, 1.54) is 7.11 Å². The monoisotopic (exact) mass is 419 g/mol. The van der Waals surface area contributed by atoms with Crippen LogP contribution in [-0.2, 0) is 11.2 Å². The summed E-state index contributed by atoms with van der Waals surface area (Å²) in [6.45, 7) is 0.489. The van der Waals surface area contributed by atoms with E-state index in [2.05, 4.69) is 25.3 Å². The van der Waals surface area contributed by atoms with Gasteiger partial charge in [-0.25, -0.2) is 14.8 Å². The fourth-order valence-electron chi connectivity index (χ4n) is 2.42. The summed E-state index contributed by atoms with van der Waals surface area (Å²) in [6, 6.07) is 7.21. The molecule has 0 aliphatic heterocycles. The molecule has 0 saturated carbocycles. The van der Waals surface area contributed by atoms with Crippen molar-refractivity contribution in [3.63, 3.8) is 0 Å². The fraction of sp³-hybridized carbons (Fsp3) is 0.278. The number of nitrogens with zero attached hydrogens (tertiary/aromatic N) is 2. The lowest BCUT2D eigenvalue weighted by Gasteiger charge is -2.10. The highest BCUT2D eigenvalue weighted by Gasteiger charge is 2.16. The number of hydrogen-bond donors (Lipinski definition) is 5. The van der Waals surface area contributed by atoms with Gasteiger partial charge in [0.1, 0.15) is 0 Å². The molecule has 0 unspecified atom stereocenters. The number of rotatable bonds is 7. The van der Waals surface area contributed by atoms with Crippen molar-refractivity contribution in [1.29, 1.82) is 5.41 Å². The highest BCUT2D eigenvalue weighted by molar-refractivity contribution is 6.31. The number of nitrogens with two attached hydrogens (primary N) is 2. The Bertz CT molecular complexity index is 903. The lowest BCUT2D eigenvalue weighted by atomic mass is 10.1. The fourth-order valence-corrected chi connectivity index (χ4v) is 2.55. The molecule has 1 aromatic carbocycles. The van der Waals surface area contributed by atoms with Gasteiger partial charge in [0.25, 0.3) is 5.91 Å². The summed E-state index contributed by atoms with van der Waals surface area (Å²) in [5.41, 5.74) is 12.5. The zero-order valence-corrected chi connectivity index (χ0v) is 16.5. The van der Waals surface area contributed by atoms with Gasteiger partial charge in [-0.1, -0.05) is 23.7 Å². The Hall–Kier alpha value is -3.40. The number of aromatic nitrogens is 2. The molecule has 0 atom stereocenters. The zero-order chi connectivity index (χ0) is 21.4. The third-order valence-electron chi connectivity index (χ3n) is 3.93. The van der Waals surface area contributed by atoms with Crippen LogP contribution in [0.3, 0.4) is 0 Å². The molecule has 1 aromatic heterocycles. The second kappa shape index (κ2) is 10.2. The summed E-state index contributed by atoms with van der Waals surface area (Å²) in [6.07, 6.45) is 2.45. The van der Waals surface area contributed by atoms with E-state index in [1.54, 1.807) is 12.1 Å². The Labute approximate surface area is 172 Å². The smallest absolute Gasteiger partial charge is 0.337 e. The highest BCUT2D eigenvalue weighted by atomic mass is 35.5. The van der Waals surface area contributed by atoms with Gasteiger partial charge in [0.2, 0.25) is 0 Å². The van der Waals surface area contributed by atoms with Crippen LogP contribution in [0.15, 0.2) is 24.3 Å². The molecule has 2 rings (SSSR count). The molecule has 0 saturated heterocycles. The van der Waals surface area contributed by atoms with Crippen LogP contribution in [-0.4, -0.2) is 41.5 Å². The average Bonchev–Trinajstić information content (AvgIpc) is 2.70. The number of amides is 1. The predicted octanol–water partition coefficient (Wildman–Crippen LogP) is 1.36. The van der Waals surface area contributed by atoms with Gasteiger partial charge in [-0.05, 0) is 37.0 Å². The van der Waals surface area contributed by atoms with Crippen LogP contribution in [0.25, 0.3) is 0 Å². The maximum atomic E-state index is 12.1. The molecule has 0 radical (unpaired) electrons. The van der Waals surface area contributed by atoms with Crippen LogP contribution in [0.4, 0.5) is 11.6 Å². The van der Waals surface area contributed by atoms with E-state index in [0.717, 1.165) is 24.8 Å². The number of ether oxygens (including phenoxy) is 1. The number of nitrogen functional groups attached to an aromatic ring is 2. The predicted molar refractivity (Wildman–Crippen MR) is 110 cm³/mol. The first-order valence-corrected chi connectivity index (χ1v) is 9.09. The molecule has 11 heteroatoms. The number of anilines is 2. The number of nitrogens with one attached hydrogen (secondary N) is 3. The SMILES string of the molecule is COC(=O)c1ccc(CCCCNC(=N)NC(=O)c2nc(Cl)c(N)nc2N)cc1. The maximum Gasteiger partial charge on any atom is 0.337 e. The quantitative estimate of drug-likeness (QED) is 0.194. The number of methoxy groups -OCH3 is 1. The first-order valence-electron chi connectivity index (χ1n) is 8.71. The highest BCUT2D eigenvalue weighted by Crippen LogP contribution is 2.17. The van der Waals surface area contributed by atoms with Gasteiger partial charge in [-0.3, -0.25) is 15.5 Å². The van der Waals surface area contributed by atoms with Gasteiger partial charge in [0.05, 0.1) is 12.7 Å². The van der Waals surface area contributed by atoms with Crippen LogP contribution in [0.1, 0.15) is 39.3 Å². The standard InChI is InChI=1S/C18H22ClN7O3/c1-29-17(28)11-7-5-10(6-8-11)4-2-3-9-23-18(22)26-16(27)12-14(20)25-15(21)13(19)24-12/h5-8H,2-4,9H2,1H3,(H4,20,21,25)(H3,22,23,26,27). The number of carbonyl (C=O) groups excluding carboxylic acids is 2. The van der Waals surface area contributed by atoms with Crippen molar-refractivity contribution < 1.29 is 14.3 Å². The number of benzene rings is 1. The summed E-state index contributed by atoms with van der Waals surface area (Å²) in [5.74, 6) is -1.51. The molecule has 0 aliphatic rings. The molecule has 7 N–H and O–H groups in total. The minimum absolute atomic E-state index is 0.0751. The Morgan fingerprint density at radius 2 is 1.83 bits per heavy atom. The molecule has 29 heavy (non-hydrogen) atoms. The molecule has 10 nitrogen and oxygen atoms in total. The summed E-state index contributed by atoms with van der Waals surface area (Å²) >= 11 is 5.74. The van der Waals surface area contributed by atoms with Gasteiger partial charge in [-0.2, -0.15) is 0 Å². The summed E-state index contributed by atoms with van der Waals surface area (Å²) < 4.78 is 4.66. The van der Waals surface area contributed by atoms with Crippen molar-refractivity contribution in [2.24, 2.45) is 0 Å². The van der Waals surface area contributed by atoms with Gasteiger partial charge >= 0.3 is 5.97 Å². The topological polar surface area (TPSA) is 169 Å². The average molecular weight is 420 g/mol. The van der Waals surface area contributed by atoms with Crippen LogP contribution in [0.5, 0.6) is 0 Å². The second-order valence-corrected chi connectivity index (χ2v) is 6.39. The number of carbonyl (C=O) groups is 2. The number of guanidine groups is 1. The van der Waals surface area contributed by atoms with E-state index < -0.39 is 5.91 Å². The number of aryl methyl sites for hydroxylation is 1. The molecule has 0 fully saturated rings. The number of hydrogen-bond acceptors (Lipinski definition) is 8. The zero-order valence-electron chi connectivity index (χ0n) is 15.8. The Kier molecular flexibility index (Phi) is 7.72. The third-order valence-corrected chi connectivity index (χ3v) is 4.21. The molecule has 154 valence electrons. The van der Waals surface area contributed by atoms with E-state index in [1.807, 2.05) is 12.1 Å². The molecular weight excluding hydrogens is 398 g/mol. The number of esters is 1. The molecule has 1 heterocycles. The van der Waals surface area contributed by atoms with Crippen LogP contribution in [0, 0.1) is 5.41 Å². The molecule has 0 bridgehead atoms. The molecule has 2 aromatic rings. The van der Waals surface area contributed by atoms with Gasteiger partial charge in [0, 0.05) is 6.54 Å². The first-order chi connectivity index (χ1) is 13.8. The van der Waals surface area contributed by atoms with E-state index in [-0.39, 0.29) is 34.4 Å². The van der Waals surface area contributed by atoms with Crippen LogP contribution >= 0.6 is 11.6 Å². The van der Waals surface area contributed by atoms with Crippen molar-refractivity contribution >= 4 is 41.1 Å². The minimum Gasteiger partial charge on any atom is -0.465 e. The summed E-state index contributed by atoms with van der Waals surface area (Å²) in [5, 5.41) is 12.8. The number of unbranched alkanes of at least 4 members (excludes halogenated alkanes) is 1. The molecule has 0 spiro atoms. The van der Waals surface area contributed by atoms with Crippen molar-refractivity contribution in [1.82, 2.24) is 20.6 Å². The Morgan fingerprint density at radius 3 is 2.48 bits per heavy atom.